The van der Waals surface area contributed by atoms with Gasteiger partial charge >= 0.3 is 5.97 Å². The number of phenols is 1. The Labute approximate surface area is 107 Å². The molecular formula is C14H19NO3. The van der Waals surface area contributed by atoms with Gasteiger partial charge in [-0.1, -0.05) is 13.3 Å². The van der Waals surface area contributed by atoms with Crippen molar-refractivity contribution >= 4 is 11.7 Å². The zero-order valence-electron chi connectivity index (χ0n) is 10.5. The molecule has 0 bridgehead atoms. The predicted octanol–water partition coefficient (Wildman–Crippen LogP) is 2.84. The summed E-state index contributed by atoms with van der Waals surface area (Å²) >= 11 is 0. The molecule has 98 valence electrons. The number of hydrogen-bond acceptors (Lipinski definition) is 3. The van der Waals surface area contributed by atoms with Crippen molar-refractivity contribution in [2.45, 2.75) is 38.6 Å². The Morgan fingerprint density at radius 3 is 2.44 bits per heavy atom. The SMILES string of the molecule is CCCC(Nc1ccc(O)cc1)C1(C(=O)O)CC1. The number of phenolic OH excluding ortho intramolecular Hbond substituents is 1. The van der Waals surface area contributed by atoms with E-state index in [1.807, 2.05) is 0 Å². The average molecular weight is 249 g/mol. The predicted molar refractivity (Wildman–Crippen MR) is 69.7 cm³/mol. The molecule has 1 aromatic rings. The van der Waals surface area contributed by atoms with Gasteiger partial charge in [0.25, 0.3) is 0 Å². The van der Waals surface area contributed by atoms with Crippen LogP contribution in [0.25, 0.3) is 0 Å². The van der Waals surface area contributed by atoms with Gasteiger partial charge in [-0.05, 0) is 43.5 Å². The molecule has 4 nitrogen and oxygen atoms in total. The van der Waals surface area contributed by atoms with Crippen molar-refractivity contribution < 1.29 is 15.0 Å². The topological polar surface area (TPSA) is 69.6 Å². The first-order valence-electron chi connectivity index (χ1n) is 6.37. The van der Waals surface area contributed by atoms with Crippen molar-refractivity contribution in [1.29, 1.82) is 0 Å². The Balaban J connectivity index is 2.12. The molecule has 1 aliphatic rings. The molecule has 1 saturated carbocycles. The second-order valence-corrected chi connectivity index (χ2v) is 4.99. The van der Waals surface area contributed by atoms with E-state index in [9.17, 15) is 15.0 Å². The summed E-state index contributed by atoms with van der Waals surface area (Å²) in [5, 5.41) is 21.9. The van der Waals surface area contributed by atoms with Crippen molar-refractivity contribution in [3.8, 4) is 5.75 Å². The first kappa shape index (κ1) is 12.7. The van der Waals surface area contributed by atoms with Gasteiger partial charge in [-0.15, -0.1) is 0 Å². The van der Waals surface area contributed by atoms with Gasteiger partial charge in [0.15, 0.2) is 0 Å². The standard InChI is InChI=1S/C14H19NO3/c1-2-3-12(14(8-9-14)13(17)18)15-10-4-6-11(16)7-5-10/h4-7,12,15-16H,2-3,8-9H2,1H3,(H,17,18). The third-order valence-electron chi connectivity index (χ3n) is 3.67. The zero-order chi connectivity index (χ0) is 13.2. The third-order valence-corrected chi connectivity index (χ3v) is 3.67. The molecule has 1 aliphatic carbocycles. The summed E-state index contributed by atoms with van der Waals surface area (Å²) in [6.45, 7) is 2.06. The number of carboxylic acid groups (broad SMARTS) is 1. The molecule has 4 heteroatoms. The summed E-state index contributed by atoms with van der Waals surface area (Å²) in [7, 11) is 0. The van der Waals surface area contributed by atoms with Crippen molar-refractivity contribution in [2.24, 2.45) is 5.41 Å². The number of carboxylic acids is 1. The summed E-state index contributed by atoms with van der Waals surface area (Å²) in [5.41, 5.74) is 0.271. The van der Waals surface area contributed by atoms with Crippen LogP contribution < -0.4 is 5.32 Å². The van der Waals surface area contributed by atoms with Crippen molar-refractivity contribution in [1.82, 2.24) is 0 Å². The molecule has 1 unspecified atom stereocenters. The van der Waals surface area contributed by atoms with E-state index >= 15 is 0 Å². The van der Waals surface area contributed by atoms with Crippen LogP contribution in [0.2, 0.25) is 0 Å². The van der Waals surface area contributed by atoms with Crippen molar-refractivity contribution in [3.05, 3.63) is 24.3 Å². The highest BCUT2D eigenvalue weighted by atomic mass is 16.4. The first-order chi connectivity index (χ1) is 8.58. The molecule has 0 radical (unpaired) electrons. The summed E-state index contributed by atoms with van der Waals surface area (Å²) in [6.07, 6.45) is 3.29. The summed E-state index contributed by atoms with van der Waals surface area (Å²) in [4.78, 5) is 11.4. The van der Waals surface area contributed by atoms with E-state index in [0.29, 0.717) is 0 Å². The smallest absolute Gasteiger partial charge is 0.311 e. The van der Waals surface area contributed by atoms with Gasteiger partial charge in [-0.25, -0.2) is 0 Å². The van der Waals surface area contributed by atoms with Crippen LogP contribution >= 0.6 is 0 Å². The third kappa shape index (κ3) is 2.42. The van der Waals surface area contributed by atoms with E-state index < -0.39 is 11.4 Å². The zero-order valence-corrected chi connectivity index (χ0v) is 10.5. The Hall–Kier alpha value is -1.71. The molecule has 0 aliphatic heterocycles. The number of carbonyl (C=O) groups is 1. The van der Waals surface area contributed by atoms with Gasteiger partial charge in [0.05, 0.1) is 5.41 Å². The van der Waals surface area contributed by atoms with E-state index in [2.05, 4.69) is 12.2 Å². The molecule has 1 fully saturated rings. The number of aliphatic carboxylic acids is 1. The quantitative estimate of drug-likeness (QED) is 0.678. The number of nitrogens with one attached hydrogen (secondary N) is 1. The lowest BCUT2D eigenvalue weighted by Crippen LogP contribution is -2.36. The largest absolute Gasteiger partial charge is 0.508 e. The lowest BCUT2D eigenvalue weighted by atomic mass is 9.92. The van der Waals surface area contributed by atoms with Crippen LogP contribution in [0.5, 0.6) is 5.75 Å². The van der Waals surface area contributed by atoms with E-state index in [0.717, 1.165) is 31.4 Å². The molecule has 0 aromatic heterocycles. The molecule has 3 N–H and O–H groups in total. The van der Waals surface area contributed by atoms with Crippen LogP contribution in [0, 0.1) is 5.41 Å². The second-order valence-electron chi connectivity index (χ2n) is 4.99. The fraction of sp³-hybridized carbons (Fsp3) is 0.500. The van der Waals surface area contributed by atoms with Crippen LogP contribution in [0.3, 0.4) is 0 Å². The van der Waals surface area contributed by atoms with Gasteiger partial charge in [-0.2, -0.15) is 0 Å². The molecule has 0 amide bonds. The minimum Gasteiger partial charge on any atom is -0.508 e. The molecular weight excluding hydrogens is 230 g/mol. The maximum atomic E-state index is 11.4. The summed E-state index contributed by atoms with van der Waals surface area (Å²) in [5.74, 6) is -0.487. The van der Waals surface area contributed by atoms with Gasteiger partial charge in [-0.3, -0.25) is 4.79 Å². The Morgan fingerprint density at radius 2 is 2.00 bits per heavy atom. The van der Waals surface area contributed by atoms with Gasteiger partial charge in [0.1, 0.15) is 5.75 Å². The Morgan fingerprint density at radius 1 is 1.39 bits per heavy atom. The number of anilines is 1. The van der Waals surface area contributed by atoms with Crippen LogP contribution in [-0.2, 0) is 4.79 Å². The average Bonchev–Trinajstić information content (AvgIpc) is 3.12. The van der Waals surface area contributed by atoms with Crippen molar-refractivity contribution in [2.75, 3.05) is 5.32 Å². The van der Waals surface area contributed by atoms with Gasteiger partial charge in [0, 0.05) is 11.7 Å². The molecule has 0 saturated heterocycles. The highest BCUT2D eigenvalue weighted by molar-refractivity contribution is 5.79. The Bertz CT molecular complexity index is 423. The maximum Gasteiger partial charge on any atom is 0.311 e. The highest BCUT2D eigenvalue weighted by Gasteiger charge is 2.55. The highest BCUT2D eigenvalue weighted by Crippen LogP contribution is 2.51. The first-order valence-corrected chi connectivity index (χ1v) is 6.37. The lowest BCUT2D eigenvalue weighted by molar-refractivity contribution is -0.144. The van der Waals surface area contributed by atoms with Crippen LogP contribution in [0.1, 0.15) is 32.6 Å². The second kappa shape index (κ2) is 4.88. The molecule has 18 heavy (non-hydrogen) atoms. The van der Waals surface area contributed by atoms with Crippen LogP contribution in [0.4, 0.5) is 5.69 Å². The van der Waals surface area contributed by atoms with E-state index in [1.165, 1.54) is 0 Å². The number of hydrogen-bond donors (Lipinski definition) is 3. The van der Waals surface area contributed by atoms with Gasteiger partial charge < -0.3 is 15.5 Å². The maximum absolute atomic E-state index is 11.4. The van der Waals surface area contributed by atoms with Crippen molar-refractivity contribution in [3.63, 3.8) is 0 Å². The minimum atomic E-state index is -0.702. The van der Waals surface area contributed by atoms with E-state index in [4.69, 9.17) is 0 Å². The fourth-order valence-corrected chi connectivity index (χ4v) is 2.38. The Kier molecular flexibility index (Phi) is 3.45. The summed E-state index contributed by atoms with van der Waals surface area (Å²) < 4.78 is 0. The molecule has 0 heterocycles. The number of rotatable bonds is 6. The van der Waals surface area contributed by atoms with E-state index in [-0.39, 0.29) is 11.8 Å². The summed E-state index contributed by atoms with van der Waals surface area (Å²) in [6, 6.07) is 6.72. The van der Waals surface area contributed by atoms with Gasteiger partial charge in [0.2, 0.25) is 0 Å². The van der Waals surface area contributed by atoms with E-state index in [1.54, 1.807) is 24.3 Å². The number of aromatic hydroxyl groups is 1. The molecule has 2 rings (SSSR count). The molecule has 1 atom stereocenters. The van der Waals surface area contributed by atoms with Crippen LogP contribution in [0.15, 0.2) is 24.3 Å². The lowest BCUT2D eigenvalue weighted by Gasteiger charge is -2.25. The monoisotopic (exact) mass is 249 g/mol. The van der Waals surface area contributed by atoms with Crippen LogP contribution in [-0.4, -0.2) is 22.2 Å². The minimum absolute atomic E-state index is 0.0375. The fourth-order valence-electron chi connectivity index (χ4n) is 2.38. The normalized spacial score (nSPS) is 18.1. The molecule has 0 spiro atoms. The molecule has 1 aromatic carbocycles. The number of benzene rings is 1.